The molecule has 0 radical (unpaired) electrons. The van der Waals surface area contributed by atoms with Crippen molar-refractivity contribution in [2.75, 3.05) is 14.1 Å². The van der Waals surface area contributed by atoms with Gasteiger partial charge in [0.1, 0.15) is 20.1 Å². The smallest absolute Gasteiger partial charge is 0.127 e. The van der Waals surface area contributed by atoms with Gasteiger partial charge >= 0.3 is 0 Å². The standard InChI is InChI=1S/C9H17N2O/c1-11(2,12-10)9-6-7-3-4-8(9)5-7/h3-4,7-9H,5-6,10H2,1-2H3/q+1. The van der Waals surface area contributed by atoms with Crippen molar-refractivity contribution in [3.8, 4) is 0 Å². The van der Waals surface area contributed by atoms with Crippen LogP contribution in [-0.4, -0.2) is 24.8 Å². The Hall–Kier alpha value is -0.380. The second kappa shape index (κ2) is 2.55. The number of fused-ring (bicyclic) bond motifs is 2. The normalized spacial score (nSPS) is 39.4. The summed E-state index contributed by atoms with van der Waals surface area (Å²) in [5.74, 6) is 6.74. The summed E-state index contributed by atoms with van der Waals surface area (Å²) in [5.41, 5.74) is 0. The number of allylic oxidation sites excluding steroid dienone is 1. The fourth-order valence-corrected chi connectivity index (χ4v) is 2.54. The molecule has 0 aromatic carbocycles. The highest BCUT2D eigenvalue weighted by Crippen LogP contribution is 2.42. The van der Waals surface area contributed by atoms with Gasteiger partial charge < -0.3 is 0 Å². The highest BCUT2D eigenvalue weighted by atomic mass is 16.8. The van der Waals surface area contributed by atoms with Crippen LogP contribution in [0.25, 0.3) is 0 Å². The maximum Gasteiger partial charge on any atom is 0.127 e. The molecule has 3 heteroatoms. The molecule has 0 aromatic rings. The average Bonchev–Trinajstić information content (AvgIpc) is 2.64. The molecule has 0 amide bonds. The van der Waals surface area contributed by atoms with Crippen molar-refractivity contribution in [3.05, 3.63) is 12.2 Å². The fraction of sp³-hybridized carbons (Fsp3) is 0.778. The molecule has 2 aliphatic carbocycles. The molecule has 3 unspecified atom stereocenters. The van der Waals surface area contributed by atoms with E-state index < -0.39 is 0 Å². The molecule has 1 saturated carbocycles. The summed E-state index contributed by atoms with van der Waals surface area (Å²) < 4.78 is 0.492. The van der Waals surface area contributed by atoms with Gasteiger partial charge in [-0.2, -0.15) is 10.5 Å². The van der Waals surface area contributed by atoms with E-state index in [1.54, 1.807) is 0 Å². The summed E-state index contributed by atoms with van der Waals surface area (Å²) in [7, 11) is 4.05. The van der Waals surface area contributed by atoms with Crippen molar-refractivity contribution in [1.29, 1.82) is 0 Å². The van der Waals surface area contributed by atoms with Gasteiger partial charge in [-0.3, -0.25) is 0 Å². The lowest BCUT2D eigenvalue weighted by Crippen LogP contribution is -2.52. The lowest BCUT2D eigenvalue weighted by molar-refractivity contribution is -1.10. The zero-order valence-corrected chi connectivity index (χ0v) is 7.73. The van der Waals surface area contributed by atoms with E-state index in [2.05, 4.69) is 12.2 Å². The van der Waals surface area contributed by atoms with Crippen LogP contribution in [0.15, 0.2) is 12.2 Å². The number of nitrogens with zero attached hydrogens (tertiary/aromatic N) is 1. The van der Waals surface area contributed by atoms with Crippen molar-refractivity contribution in [2.45, 2.75) is 18.9 Å². The van der Waals surface area contributed by atoms with Crippen LogP contribution >= 0.6 is 0 Å². The maximum absolute atomic E-state index is 5.27. The van der Waals surface area contributed by atoms with Crippen molar-refractivity contribution in [2.24, 2.45) is 17.7 Å². The summed E-state index contributed by atoms with van der Waals surface area (Å²) in [5, 5.41) is 0. The van der Waals surface area contributed by atoms with E-state index in [1.165, 1.54) is 12.8 Å². The van der Waals surface area contributed by atoms with Crippen molar-refractivity contribution < 1.29 is 9.58 Å². The number of quaternary nitrogens is 1. The predicted octanol–water partition coefficient (Wildman–Crippen LogP) is 0.833. The molecular formula is C9H17N2O+. The van der Waals surface area contributed by atoms with Crippen molar-refractivity contribution in [3.63, 3.8) is 0 Å². The van der Waals surface area contributed by atoms with Crippen LogP contribution in [0, 0.1) is 11.8 Å². The van der Waals surface area contributed by atoms with E-state index >= 15 is 0 Å². The van der Waals surface area contributed by atoms with Crippen LogP contribution < -0.4 is 5.90 Å². The van der Waals surface area contributed by atoms with Crippen LogP contribution in [0.4, 0.5) is 0 Å². The minimum Gasteiger partial charge on any atom is -0.162 e. The third-order valence-electron chi connectivity index (χ3n) is 3.31. The lowest BCUT2D eigenvalue weighted by atomic mass is 10.0. The second-order valence-corrected chi connectivity index (χ2v) is 4.39. The second-order valence-electron chi connectivity index (χ2n) is 4.39. The Morgan fingerprint density at radius 2 is 2.08 bits per heavy atom. The zero-order chi connectivity index (χ0) is 8.77. The summed E-state index contributed by atoms with van der Waals surface area (Å²) in [6.45, 7) is 0. The Morgan fingerprint density at radius 3 is 2.50 bits per heavy atom. The third kappa shape index (κ3) is 1.09. The van der Waals surface area contributed by atoms with Gasteiger partial charge in [-0.1, -0.05) is 12.2 Å². The van der Waals surface area contributed by atoms with E-state index in [0.717, 1.165) is 5.92 Å². The van der Waals surface area contributed by atoms with Crippen LogP contribution in [0.5, 0.6) is 0 Å². The van der Waals surface area contributed by atoms with Crippen LogP contribution in [-0.2, 0) is 4.94 Å². The topological polar surface area (TPSA) is 35.2 Å². The molecule has 0 aliphatic heterocycles. The van der Waals surface area contributed by atoms with Gasteiger partial charge in [0.2, 0.25) is 0 Å². The molecule has 3 atom stereocenters. The minimum atomic E-state index is 0.492. The van der Waals surface area contributed by atoms with Crippen LogP contribution in [0.1, 0.15) is 12.8 Å². The van der Waals surface area contributed by atoms with Gasteiger partial charge in [-0.15, -0.1) is 4.94 Å². The van der Waals surface area contributed by atoms with E-state index in [9.17, 15) is 0 Å². The average molecular weight is 169 g/mol. The first kappa shape index (κ1) is 8.23. The SMILES string of the molecule is C[N+](C)(ON)C1CC2C=CC1C2. The number of nitrogens with two attached hydrogens (primary N) is 1. The van der Waals surface area contributed by atoms with Crippen LogP contribution in [0.2, 0.25) is 0 Å². The molecule has 0 saturated heterocycles. The largest absolute Gasteiger partial charge is 0.162 e. The molecule has 1 fully saturated rings. The van der Waals surface area contributed by atoms with E-state index in [4.69, 9.17) is 10.8 Å². The highest BCUT2D eigenvalue weighted by molar-refractivity contribution is 5.10. The van der Waals surface area contributed by atoms with Gasteiger partial charge in [0.05, 0.1) is 0 Å². The summed E-state index contributed by atoms with van der Waals surface area (Å²) >= 11 is 0. The molecule has 0 aromatic heterocycles. The summed E-state index contributed by atoms with van der Waals surface area (Å²) in [6, 6.07) is 0.560. The molecule has 2 rings (SSSR count). The molecule has 2 aliphatic rings. The Morgan fingerprint density at radius 1 is 1.33 bits per heavy atom. The molecule has 3 nitrogen and oxygen atoms in total. The number of hydrogen-bond acceptors (Lipinski definition) is 2. The van der Waals surface area contributed by atoms with E-state index in [0.29, 0.717) is 16.6 Å². The predicted molar refractivity (Wildman–Crippen MR) is 46.5 cm³/mol. The third-order valence-corrected chi connectivity index (χ3v) is 3.31. The summed E-state index contributed by atoms with van der Waals surface area (Å²) in [4.78, 5) is 4.98. The number of rotatable bonds is 2. The molecule has 0 heterocycles. The van der Waals surface area contributed by atoms with Gasteiger partial charge in [-0.25, -0.2) is 0 Å². The Bertz CT molecular complexity index is 213. The quantitative estimate of drug-likeness (QED) is 0.377. The van der Waals surface area contributed by atoms with Gasteiger partial charge in [0.25, 0.3) is 0 Å². The van der Waals surface area contributed by atoms with Gasteiger partial charge in [0.15, 0.2) is 0 Å². The molecule has 68 valence electrons. The lowest BCUT2D eigenvalue weighted by Gasteiger charge is -2.33. The summed E-state index contributed by atoms with van der Waals surface area (Å²) in [6.07, 6.45) is 7.18. The highest BCUT2D eigenvalue weighted by Gasteiger charge is 2.46. The van der Waals surface area contributed by atoms with Gasteiger partial charge in [-0.05, 0) is 12.3 Å². The Kier molecular flexibility index (Phi) is 1.75. The number of hydrogen-bond donors (Lipinski definition) is 1. The molecule has 2 N–H and O–H groups in total. The van der Waals surface area contributed by atoms with Crippen LogP contribution in [0.3, 0.4) is 0 Å². The minimum absolute atomic E-state index is 0.492. The maximum atomic E-state index is 5.27. The Balaban J connectivity index is 2.12. The van der Waals surface area contributed by atoms with E-state index in [-0.39, 0.29) is 0 Å². The first-order valence-electron chi connectivity index (χ1n) is 4.54. The fourth-order valence-electron chi connectivity index (χ4n) is 2.54. The molecule has 2 bridgehead atoms. The zero-order valence-electron chi connectivity index (χ0n) is 7.73. The van der Waals surface area contributed by atoms with E-state index in [1.807, 2.05) is 14.1 Å². The first-order valence-corrected chi connectivity index (χ1v) is 4.54. The first-order chi connectivity index (χ1) is 5.63. The van der Waals surface area contributed by atoms with Gasteiger partial charge in [0, 0.05) is 12.3 Å². The van der Waals surface area contributed by atoms with Crippen molar-refractivity contribution in [1.82, 2.24) is 0 Å². The van der Waals surface area contributed by atoms with Crippen molar-refractivity contribution >= 4 is 0 Å². The molecular weight excluding hydrogens is 152 g/mol. The Labute approximate surface area is 73.3 Å². The molecule has 12 heavy (non-hydrogen) atoms. The monoisotopic (exact) mass is 169 g/mol. The molecule has 0 spiro atoms. The number of hydroxylamine groups is 3.